The number of hydrogen-bond donors (Lipinski definition) is 2. The molecule has 9 heteroatoms. The minimum atomic E-state index is -3.35. The normalized spacial score (nSPS) is 11.2. The molecule has 0 unspecified atom stereocenters. The van der Waals surface area contributed by atoms with Crippen molar-refractivity contribution in [2.75, 3.05) is 23.2 Å². The molecule has 0 bridgehead atoms. The van der Waals surface area contributed by atoms with Crippen molar-refractivity contribution in [3.05, 3.63) is 6.33 Å². The fourth-order valence-corrected chi connectivity index (χ4v) is 1.28. The third-order valence-corrected chi connectivity index (χ3v) is 2.00. The molecule has 3 N–H and O–H groups in total. The molecule has 1 heterocycles. The highest BCUT2D eigenvalue weighted by Crippen LogP contribution is 1.91. The number of nitrogens with one attached hydrogen (secondary N) is 1. The molecule has 0 atom stereocenters. The Hall–Kier alpha value is -1.64. The fourth-order valence-electron chi connectivity index (χ4n) is 0.735. The van der Waals surface area contributed by atoms with E-state index < -0.39 is 21.5 Å². The molecule has 1 rings (SSSR count). The molecule has 8 nitrogen and oxygen atoms in total. The second kappa shape index (κ2) is 3.62. The summed E-state index contributed by atoms with van der Waals surface area (Å²) in [6.45, 7) is 0. The van der Waals surface area contributed by atoms with E-state index in [1.807, 2.05) is 0 Å². The van der Waals surface area contributed by atoms with Crippen LogP contribution in [0.4, 0.5) is 5.95 Å². The summed E-state index contributed by atoms with van der Waals surface area (Å²) < 4.78 is 22.5. The van der Waals surface area contributed by atoms with Crippen LogP contribution < -0.4 is 11.2 Å². The zero-order chi connectivity index (χ0) is 10.8. The number of sulfone groups is 1. The van der Waals surface area contributed by atoms with Crippen LogP contribution in [0.3, 0.4) is 0 Å². The van der Waals surface area contributed by atoms with Crippen LogP contribution in [0, 0.1) is 0 Å². The molecule has 0 aromatic carbocycles. The topological polar surface area (TPSA) is 120 Å². The number of aromatic nitrogens is 3. The Morgan fingerprint density at radius 2 is 2.36 bits per heavy atom. The standard InChI is InChI=1S/C5H9N5O3S/c1-14(12,13)2-4(11)9-10-3-7-8-5(10)6/h3H,2H2,1H3,(H2,6,8)(H,9,11). The molecule has 0 saturated carbocycles. The van der Waals surface area contributed by atoms with E-state index in [2.05, 4.69) is 15.6 Å². The van der Waals surface area contributed by atoms with Crippen molar-refractivity contribution < 1.29 is 13.2 Å². The van der Waals surface area contributed by atoms with Crippen molar-refractivity contribution >= 4 is 21.7 Å². The van der Waals surface area contributed by atoms with Crippen molar-refractivity contribution in [1.29, 1.82) is 0 Å². The summed E-state index contributed by atoms with van der Waals surface area (Å²) in [6.07, 6.45) is 2.12. The van der Waals surface area contributed by atoms with Crippen LogP contribution in [0.1, 0.15) is 0 Å². The van der Waals surface area contributed by atoms with Gasteiger partial charge in [-0.25, -0.2) is 13.1 Å². The van der Waals surface area contributed by atoms with Gasteiger partial charge in [-0.15, -0.1) is 10.2 Å². The number of nitrogens with zero attached hydrogens (tertiary/aromatic N) is 3. The van der Waals surface area contributed by atoms with Gasteiger partial charge in [-0.2, -0.15) is 0 Å². The molecular formula is C5H9N5O3S. The first kappa shape index (κ1) is 10.4. The average Bonchev–Trinajstić information content (AvgIpc) is 2.32. The van der Waals surface area contributed by atoms with Crippen LogP contribution in [0.5, 0.6) is 0 Å². The summed E-state index contributed by atoms with van der Waals surface area (Å²) >= 11 is 0. The van der Waals surface area contributed by atoms with Crippen molar-refractivity contribution in [3.63, 3.8) is 0 Å². The van der Waals surface area contributed by atoms with Crippen LogP contribution in [0.2, 0.25) is 0 Å². The number of nitrogen functional groups attached to an aromatic ring is 1. The second-order valence-corrected chi connectivity index (χ2v) is 4.80. The highest BCUT2D eigenvalue weighted by Gasteiger charge is 2.11. The molecule has 0 aliphatic carbocycles. The summed E-state index contributed by atoms with van der Waals surface area (Å²) in [5.74, 6) is -1.32. The first-order chi connectivity index (χ1) is 6.38. The van der Waals surface area contributed by atoms with Crippen LogP contribution >= 0.6 is 0 Å². The largest absolute Gasteiger partial charge is 0.366 e. The van der Waals surface area contributed by atoms with Crippen molar-refractivity contribution in [2.24, 2.45) is 0 Å². The van der Waals surface area contributed by atoms with Crippen LogP contribution in [0.15, 0.2) is 6.33 Å². The molecule has 0 saturated heterocycles. The van der Waals surface area contributed by atoms with Gasteiger partial charge in [0.1, 0.15) is 12.1 Å². The molecular weight excluding hydrogens is 210 g/mol. The number of amides is 1. The lowest BCUT2D eigenvalue weighted by Crippen LogP contribution is -2.29. The Labute approximate surface area is 80.0 Å². The minimum Gasteiger partial charge on any atom is -0.366 e. The summed E-state index contributed by atoms with van der Waals surface area (Å²) in [5, 5.41) is 6.79. The van der Waals surface area contributed by atoms with Gasteiger partial charge in [-0.05, 0) is 0 Å². The molecule has 0 fully saturated rings. The van der Waals surface area contributed by atoms with E-state index in [1.165, 1.54) is 0 Å². The maximum absolute atomic E-state index is 11.1. The first-order valence-electron chi connectivity index (χ1n) is 3.51. The molecule has 0 aliphatic heterocycles. The van der Waals surface area contributed by atoms with E-state index in [4.69, 9.17) is 5.73 Å². The van der Waals surface area contributed by atoms with E-state index in [1.54, 1.807) is 0 Å². The Bertz CT molecular complexity index is 436. The number of carbonyl (C=O) groups is 1. The van der Waals surface area contributed by atoms with E-state index in [9.17, 15) is 13.2 Å². The number of carbonyl (C=O) groups excluding carboxylic acids is 1. The Morgan fingerprint density at radius 1 is 1.71 bits per heavy atom. The summed E-state index contributed by atoms with van der Waals surface area (Å²) in [5.41, 5.74) is 7.47. The van der Waals surface area contributed by atoms with Crippen molar-refractivity contribution in [2.45, 2.75) is 0 Å². The summed E-state index contributed by atoms with van der Waals surface area (Å²) in [7, 11) is -3.35. The molecule has 0 radical (unpaired) electrons. The minimum absolute atomic E-state index is 0.0214. The predicted octanol–water partition coefficient (Wildman–Crippen LogP) is -2.02. The summed E-state index contributed by atoms with van der Waals surface area (Å²) in [4.78, 5) is 11.1. The first-order valence-corrected chi connectivity index (χ1v) is 5.57. The quantitative estimate of drug-likeness (QED) is 0.605. The average molecular weight is 219 g/mol. The smallest absolute Gasteiger partial charge is 0.254 e. The van der Waals surface area contributed by atoms with Crippen LogP contribution in [0.25, 0.3) is 0 Å². The zero-order valence-electron chi connectivity index (χ0n) is 7.34. The third kappa shape index (κ3) is 3.01. The number of rotatable bonds is 3. The maximum atomic E-state index is 11.1. The molecule has 0 spiro atoms. The third-order valence-electron chi connectivity index (χ3n) is 1.21. The van der Waals surface area contributed by atoms with Crippen LogP contribution in [-0.2, 0) is 14.6 Å². The van der Waals surface area contributed by atoms with E-state index in [0.717, 1.165) is 17.3 Å². The van der Waals surface area contributed by atoms with Gasteiger partial charge in [0.2, 0.25) is 5.95 Å². The van der Waals surface area contributed by atoms with Gasteiger partial charge in [0.25, 0.3) is 5.91 Å². The highest BCUT2D eigenvalue weighted by atomic mass is 32.2. The predicted molar refractivity (Wildman–Crippen MR) is 48.5 cm³/mol. The van der Waals surface area contributed by atoms with Gasteiger partial charge < -0.3 is 5.73 Å². The zero-order valence-corrected chi connectivity index (χ0v) is 8.15. The van der Waals surface area contributed by atoms with E-state index >= 15 is 0 Å². The molecule has 14 heavy (non-hydrogen) atoms. The Balaban J connectivity index is 2.63. The molecule has 78 valence electrons. The van der Waals surface area contributed by atoms with Gasteiger partial charge in [-0.1, -0.05) is 0 Å². The lowest BCUT2D eigenvalue weighted by Gasteiger charge is -2.04. The number of nitrogens with two attached hydrogens (primary N) is 1. The highest BCUT2D eigenvalue weighted by molar-refractivity contribution is 7.91. The molecule has 1 aromatic rings. The van der Waals surface area contributed by atoms with Crippen molar-refractivity contribution in [3.8, 4) is 0 Å². The monoisotopic (exact) mass is 219 g/mol. The Morgan fingerprint density at radius 3 is 2.79 bits per heavy atom. The van der Waals surface area contributed by atoms with Gasteiger partial charge in [-0.3, -0.25) is 10.2 Å². The molecule has 1 aromatic heterocycles. The second-order valence-electron chi connectivity index (χ2n) is 2.66. The van der Waals surface area contributed by atoms with Crippen LogP contribution in [-0.4, -0.2) is 41.2 Å². The SMILES string of the molecule is CS(=O)(=O)CC(=O)Nn1cnnc1N. The van der Waals surface area contributed by atoms with Crippen molar-refractivity contribution in [1.82, 2.24) is 14.9 Å². The van der Waals surface area contributed by atoms with Gasteiger partial charge >= 0.3 is 0 Å². The number of anilines is 1. The van der Waals surface area contributed by atoms with E-state index in [0.29, 0.717) is 0 Å². The lowest BCUT2D eigenvalue weighted by atomic mass is 10.7. The molecule has 0 aliphatic rings. The van der Waals surface area contributed by atoms with Gasteiger partial charge in [0.05, 0.1) is 0 Å². The Kier molecular flexibility index (Phi) is 2.70. The lowest BCUT2D eigenvalue weighted by molar-refractivity contribution is -0.114. The van der Waals surface area contributed by atoms with Gasteiger partial charge in [0.15, 0.2) is 9.84 Å². The van der Waals surface area contributed by atoms with E-state index in [-0.39, 0.29) is 5.95 Å². The molecule has 1 amide bonds. The fraction of sp³-hybridized carbons (Fsp3) is 0.400. The van der Waals surface area contributed by atoms with Gasteiger partial charge in [0, 0.05) is 6.26 Å². The number of hydrogen-bond acceptors (Lipinski definition) is 6. The summed E-state index contributed by atoms with van der Waals surface area (Å²) in [6, 6.07) is 0. The maximum Gasteiger partial charge on any atom is 0.254 e.